The molecule has 0 bridgehead atoms. The maximum atomic E-state index is 11.4. The van der Waals surface area contributed by atoms with Gasteiger partial charge in [0.05, 0.1) is 24.8 Å². The molecular formula is C22H26N4O4S. The molecule has 4 N–H and O–H groups in total. The zero-order valence-electron chi connectivity index (χ0n) is 17.2. The van der Waals surface area contributed by atoms with Crippen molar-refractivity contribution >= 4 is 16.0 Å². The van der Waals surface area contributed by atoms with Crippen molar-refractivity contribution in [3.63, 3.8) is 0 Å². The quantitative estimate of drug-likeness (QED) is 0.346. The molecule has 0 aliphatic rings. The lowest BCUT2D eigenvalue weighted by molar-refractivity contribution is 0.414. The Kier molecular flexibility index (Phi) is 7.69. The van der Waals surface area contributed by atoms with Crippen molar-refractivity contribution in [1.82, 2.24) is 10.6 Å². The predicted molar refractivity (Wildman–Crippen MR) is 119 cm³/mol. The molecule has 0 radical (unpaired) electrons. The minimum absolute atomic E-state index is 0.0845. The first-order valence-corrected chi connectivity index (χ1v) is 11.3. The molecule has 0 saturated carbocycles. The van der Waals surface area contributed by atoms with E-state index in [0.29, 0.717) is 25.6 Å². The summed E-state index contributed by atoms with van der Waals surface area (Å²) in [6, 6.07) is 17.9. The minimum Gasteiger partial charge on any atom is -0.497 e. The number of methoxy groups -OCH3 is 1. The Morgan fingerprint density at radius 2 is 1.74 bits per heavy atom. The van der Waals surface area contributed by atoms with Crippen LogP contribution in [-0.4, -0.2) is 28.0 Å². The number of aliphatic imine (C=N–C) groups is 1. The molecule has 0 atom stereocenters. The van der Waals surface area contributed by atoms with Gasteiger partial charge in [-0.2, -0.15) is 0 Å². The SMILES string of the molecule is COc1ccc(CN=C(NCCc2ccco2)NCc2ccc(S(N)(=O)=O)cc2)cc1. The number of rotatable bonds is 9. The Morgan fingerprint density at radius 3 is 2.35 bits per heavy atom. The number of hydrogen-bond donors (Lipinski definition) is 3. The lowest BCUT2D eigenvalue weighted by atomic mass is 10.2. The van der Waals surface area contributed by atoms with E-state index >= 15 is 0 Å². The van der Waals surface area contributed by atoms with Gasteiger partial charge in [-0.3, -0.25) is 0 Å². The number of furan rings is 1. The average molecular weight is 443 g/mol. The zero-order valence-corrected chi connectivity index (χ0v) is 18.1. The number of hydrogen-bond acceptors (Lipinski definition) is 5. The highest BCUT2D eigenvalue weighted by atomic mass is 32.2. The van der Waals surface area contributed by atoms with Gasteiger partial charge in [0, 0.05) is 19.5 Å². The summed E-state index contributed by atoms with van der Waals surface area (Å²) in [6.07, 6.45) is 2.37. The summed E-state index contributed by atoms with van der Waals surface area (Å²) in [7, 11) is -2.07. The molecule has 8 nitrogen and oxygen atoms in total. The van der Waals surface area contributed by atoms with Crippen molar-refractivity contribution in [3.05, 3.63) is 83.8 Å². The third-order valence-corrected chi connectivity index (χ3v) is 5.46. The van der Waals surface area contributed by atoms with E-state index in [2.05, 4.69) is 15.6 Å². The monoisotopic (exact) mass is 442 g/mol. The number of primary sulfonamides is 1. The average Bonchev–Trinajstić information content (AvgIpc) is 3.29. The molecule has 0 amide bonds. The maximum Gasteiger partial charge on any atom is 0.238 e. The van der Waals surface area contributed by atoms with Crippen molar-refractivity contribution in [2.24, 2.45) is 10.1 Å². The summed E-state index contributed by atoms with van der Waals surface area (Å²) < 4.78 is 33.4. The van der Waals surface area contributed by atoms with Crippen LogP contribution in [0.25, 0.3) is 0 Å². The fraction of sp³-hybridized carbons (Fsp3) is 0.227. The van der Waals surface area contributed by atoms with Gasteiger partial charge in [0.15, 0.2) is 5.96 Å². The summed E-state index contributed by atoms with van der Waals surface area (Å²) in [6.45, 7) is 1.61. The second-order valence-corrected chi connectivity index (χ2v) is 8.37. The molecule has 0 unspecified atom stereocenters. The summed E-state index contributed by atoms with van der Waals surface area (Å²) >= 11 is 0. The van der Waals surface area contributed by atoms with Crippen LogP contribution in [0.3, 0.4) is 0 Å². The second kappa shape index (κ2) is 10.6. The first kappa shape index (κ1) is 22.4. The molecule has 3 rings (SSSR count). The van der Waals surface area contributed by atoms with Crippen molar-refractivity contribution in [3.8, 4) is 5.75 Å². The van der Waals surface area contributed by atoms with Gasteiger partial charge in [-0.25, -0.2) is 18.5 Å². The topological polar surface area (TPSA) is 119 Å². The number of benzene rings is 2. The standard InChI is InChI=1S/C22H26N4O4S/c1-29-19-8-4-17(5-9-19)15-25-22(24-13-12-20-3-2-14-30-20)26-16-18-6-10-21(11-7-18)31(23,27)28/h2-11,14H,12-13,15-16H2,1H3,(H2,23,27,28)(H2,24,25,26). The zero-order chi connectivity index (χ0) is 22.1. The van der Waals surface area contributed by atoms with Gasteiger partial charge in [-0.05, 0) is 47.5 Å². The fourth-order valence-corrected chi connectivity index (χ4v) is 3.33. The Balaban J connectivity index is 1.63. The van der Waals surface area contributed by atoms with Crippen molar-refractivity contribution in [1.29, 1.82) is 0 Å². The summed E-state index contributed by atoms with van der Waals surface area (Å²) in [5.41, 5.74) is 1.95. The van der Waals surface area contributed by atoms with Crippen LogP contribution in [0.15, 0.2) is 81.2 Å². The summed E-state index contributed by atoms with van der Waals surface area (Å²) in [4.78, 5) is 4.73. The van der Waals surface area contributed by atoms with E-state index in [1.807, 2.05) is 36.4 Å². The van der Waals surface area contributed by atoms with Crippen LogP contribution in [0, 0.1) is 0 Å². The minimum atomic E-state index is -3.70. The van der Waals surface area contributed by atoms with Crippen LogP contribution < -0.4 is 20.5 Å². The van der Waals surface area contributed by atoms with Gasteiger partial charge in [-0.1, -0.05) is 24.3 Å². The fourth-order valence-electron chi connectivity index (χ4n) is 2.82. The van der Waals surface area contributed by atoms with Gasteiger partial charge in [-0.15, -0.1) is 0 Å². The van der Waals surface area contributed by atoms with Gasteiger partial charge in [0.2, 0.25) is 10.0 Å². The van der Waals surface area contributed by atoms with E-state index in [1.54, 1.807) is 25.5 Å². The second-order valence-electron chi connectivity index (χ2n) is 6.81. The normalized spacial score (nSPS) is 11.9. The molecule has 1 heterocycles. The van der Waals surface area contributed by atoms with E-state index in [4.69, 9.17) is 14.3 Å². The predicted octanol–water partition coefficient (Wildman–Crippen LogP) is 2.41. The van der Waals surface area contributed by atoms with E-state index in [-0.39, 0.29) is 4.90 Å². The number of nitrogens with one attached hydrogen (secondary N) is 2. The van der Waals surface area contributed by atoms with E-state index in [1.165, 1.54) is 12.1 Å². The van der Waals surface area contributed by atoms with Gasteiger partial charge in [0.25, 0.3) is 0 Å². The molecule has 0 saturated heterocycles. The molecule has 2 aromatic carbocycles. The number of ether oxygens (including phenoxy) is 1. The number of nitrogens with two attached hydrogens (primary N) is 1. The highest BCUT2D eigenvalue weighted by Crippen LogP contribution is 2.12. The van der Waals surface area contributed by atoms with Crippen molar-refractivity contribution < 1.29 is 17.6 Å². The molecule has 0 spiro atoms. The third kappa shape index (κ3) is 7.16. The molecule has 9 heteroatoms. The largest absolute Gasteiger partial charge is 0.497 e. The van der Waals surface area contributed by atoms with Gasteiger partial charge < -0.3 is 19.8 Å². The van der Waals surface area contributed by atoms with Crippen LogP contribution >= 0.6 is 0 Å². The highest BCUT2D eigenvalue weighted by Gasteiger charge is 2.07. The molecule has 31 heavy (non-hydrogen) atoms. The molecule has 0 aliphatic heterocycles. The van der Waals surface area contributed by atoms with Crippen LogP contribution in [0.5, 0.6) is 5.75 Å². The van der Waals surface area contributed by atoms with Crippen LogP contribution in [0.4, 0.5) is 0 Å². The molecule has 1 aromatic heterocycles. The summed E-state index contributed by atoms with van der Waals surface area (Å²) in [5, 5.41) is 11.7. The molecule has 164 valence electrons. The van der Waals surface area contributed by atoms with E-state index < -0.39 is 10.0 Å². The smallest absolute Gasteiger partial charge is 0.238 e. The van der Waals surface area contributed by atoms with Crippen molar-refractivity contribution in [2.75, 3.05) is 13.7 Å². The molecule has 0 aliphatic carbocycles. The van der Waals surface area contributed by atoms with E-state index in [9.17, 15) is 8.42 Å². The number of guanidine groups is 1. The summed E-state index contributed by atoms with van der Waals surface area (Å²) in [5.74, 6) is 2.32. The third-order valence-electron chi connectivity index (χ3n) is 4.53. The molecule has 0 fully saturated rings. The maximum absolute atomic E-state index is 11.4. The lowest BCUT2D eigenvalue weighted by Gasteiger charge is -2.13. The Hall–Kier alpha value is -3.30. The first-order chi connectivity index (χ1) is 14.9. The van der Waals surface area contributed by atoms with Crippen LogP contribution in [0.1, 0.15) is 16.9 Å². The van der Waals surface area contributed by atoms with Crippen molar-refractivity contribution in [2.45, 2.75) is 24.4 Å². The lowest BCUT2D eigenvalue weighted by Crippen LogP contribution is -2.38. The van der Waals surface area contributed by atoms with Crippen LogP contribution in [0.2, 0.25) is 0 Å². The van der Waals surface area contributed by atoms with E-state index in [0.717, 1.165) is 29.1 Å². The number of nitrogens with zero attached hydrogens (tertiary/aromatic N) is 1. The molecule has 3 aromatic rings. The van der Waals surface area contributed by atoms with Gasteiger partial charge in [0.1, 0.15) is 11.5 Å². The Bertz CT molecular complexity index is 1080. The van der Waals surface area contributed by atoms with Gasteiger partial charge >= 0.3 is 0 Å². The highest BCUT2D eigenvalue weighted by molar-refractivity contribution is 7.89. The first-order valence-electron chi connectivity index (χ1n) is 9.73. The Labute approximate surface area is 182 Å². The number of sulfonamides is 1. The van der Waals surface area contributed by atoms with Crippen LogP contribution in [-0.2, 0) is 29.5 Å². The Morgan fingerprint density at radius 1 is 1.03 bits per heavy atom. The molecular weight excluding hydrogens is 416 g/mol.